The molecule has 0 amide bonds. The van der Waals surface area contributed by atoms with Crippen molar-refractivity contribution in [2.24, 2.45) is 0 Å². The molecular weight excluding hydrogens is 344 g/mol. The lowest BCUT2D eigenvalue weighted by Crippen LogP contribution is -2.05. The van der Waals surface area contributed by atoms with Gasteiger partial charge in [0.1, 0.15) is 10.3 Å². The number of aromatic amines is 2. The Morgan fingerprint density at radius 1 is 1.14 bits per heavy atom. The first kappa shape index (κ1) is 16.9. The number of aromatic nitrogens is 4. The lowest BCUT2D eigenvalue weighted by Gasteiger charge is -1.96. The topological polar surface area (TPSA) is 110 Å². The van der Waals surface area contributed by atoms with Crippen LogP contribution in [0.25, 0.3) is 0 Å². The largest absolute Gasteiger partial charge is 0.461 e. The van der Waals surface area contributed by atoms with Gasteiger partial charge >= 0.3 is 11.9 Å². The van der Waals surface area contributed by atoms with E-state index in [9.17, 15) is 9.59 Å². The Bertz CT molecular complexity index is 568. The summed E-state index contributed by atoms with van der Waals surface area (Å²) < 4.78 is 9.94. The maximum Gasteiger partial charge on any atom is 0.359 e. The van der Waals surface area contributed by atoms with Gasteiger partial charge in [0.05, 0.1) is 32.1 Å². The number of nitrogens with one attached hydrogen (secondary N) is 2. The standard InChI is InChI=1S/C6H7BrN2O2.C6H8N2O2/c1-2-11-6(10)4-5(7)9-3-8-4;1-2-10-6(9)5-3-7-4-8-5/h3H,2H2,1H3,(H,8,9);3-4H,2H2,1H3,(H,7,8). The third-order valence-electron chi connectivity index (χ3n) is 2.06. The second-order valence-electron chi connectivity index (χ2n) is 3.47. The Labute approximate surface area is 129 Å². The van der Waals surface area contributed by atoms with Gasteiger partial charge in [0, 0.05) is 0 Å². The number of H-pyrrole nitrogens is 2. The summed E-state index contributed by atoms with van der Waals surface area (Å²) in [6, 6.07) is 0. The van der Waals surface area contributed by atoms with Gasteiger partial charge in [0.25, 0.3) is 0 Å². The van der Waals surface area contributed by atoms with E-state index in [4.69, 9.17) is 4.74 Å². The summed E-state index contributed by atoms with van der Waals surface area (Å²) >= 11 is 3.12. The zero-order chi connectivity index (χ0) is 15.7. The van der Waals surface area contributed by atoms with Crippen molar-refractivity contribution in [1.82, 2.24) is 19.9 Å². The minimum atomic E-state index is -0.416. The summed E-state index contributed by atoms with van der Waals surface area (Å²) in [6.45, 7) is 4.25. The molecule has 2 heterocycles. The smallest absolute Gasteiger partial charge is 0.359 e. The van der Waals surface area contributed by atoms with Crippen LogP contribution in [0.4, 0.5) is 0 Å². The minimum Gasteiger partial charge on any atom is -0.461 e. The van der Waals surface area contributed by atoms with Gasteiger partial charge in [-0.05, 0) is 29.8 Å². The average molecular weight is 359 g/mol. The number of halogens is 1. The molecule has 0 saturated heterocycles. The molecule has 0 atom stereocenters. The number of rotatable bonds is 4. The fourth-order valence-electron chi connectivity index (χ4n) is 1.20. The van der Waals surface area contributed by atoms with Crippen LogP contribution in [0.2, 0.25) is 0 Å². The third-order valence-corrected chi connectivity index (χ3v) is 2.66. The summed E-state index contributed by atoms with van der Waals surface area (Å²) in [5.41, 5.74) is 0.675. The van der Waals surface area contributed by atoms with Crippen LogP contribution in [0.5, 0.6) is 0 Å². The molecule has 0 fully saturated rings. The molecular formula is C12H15BrN4O4. The SMILES string of the molecule is CCOC(=O)c1cnc[nH]1.CCOC(=O)c1nc[nH]c1Br. The van der Waals surface area contributed by atoms with E-state index in [0.29, 0.717) is 23.5 Å². The first-order valence-corrected chi connectivity index (χ1v) is 6.90. The van der Waals surface area contributed by atoms with Crippen molar-refractivity contribution in [3.05, 3.63) is 34.8 Å². The lowest BCUT2D eigenvalue weighted by molar-refractivity contribution is 0.0510. The van der Waals surface area contributed by atoms with Crippen LogP contribution in [0.3, 0.4) is 0 Å². The van der Waals surface area contributed by atoms with Crippen molar-refractivity contribution < 1.29 is 19.1 Å². The molecule has 0 aromatic carbocycles. The predicted molar refractivity (Wildman–Crippen MR) is 76.8 cm³/mol. The molecule has 2 N–H and O–H groups in total. The van der Waals surface area contributed by atoms with E-state index in [1.165, 1.54) is 18.9 Å². The monoisotopic (exact) mass is 358 g/mol. The molecule has 0 spiro atoms. The van der Waals surface area contributed by atoms with Crippen LogP contribution in [0.15, 0.2) is 23.5 Å². The molecule has 0 aliphatic carbocycles. The van der Waals surface area contributed by atoms with Crippen molar-refractivity contribution in [3.8, 4) is 0 Å². The maximum atomic E-state index is 11.0. The van der Waals surface area contributed by atoms with Crippen LogP contribution in [0.1, 0.15) is 34.8 Å². The third kappa shape index (κ3) is 5.38. The molecule has 2 aromatic rings. The maximum absolute atomic E-state index is 11.0. The summed E-state index contributed by atoms with van der Waals surface area (Å²) in [7, 11) is 0. The van der Waals surface area contributed by atoms with Gasteiger partial charge in [0.2, 0.25) is 0 Å². The van der Waals surface area contributed by atoms with Crippen LogP contribution < -0.4 is 0 Å². The van der Waals surface area contributed by atoms with E-state index in [1.807, 2.05) is 0 Å². The van der Waals surface area contributed by atoms with Crippen molar-refractivity contribution >= 4 is 27.9 Å². The molecule has 2 aromatic heterocycles. The van der Waals surface area contributed by atoms with Gasteiger partial charge in [-0.2, -0.15) is 0 Å². The Morgan fingerprint density at radius 3 is 2.29 bits per heavy atom. The van der Waals surface area contributed by atoms with E-state index >= 15 is 0 Å². The zero-order valence-corrected chi connectivity index (χ0v) is 13.1. The van der Waals surface area contributed by atoms with Crippen molar-refractivity contribution in [1.29, 1.82) is 0 Å². The van der Waals surface area contributed by atoms with E-state index in [0.717, 1.165) is 0 Å². The van der Waals surface area contributed by atoms with Gasteiger partial charge in [-0.1, -0.05) is 0 Å². The van der Waals surface area contributed by atoms with Crippen LogP contribution in [-0.4, -0.2) is 45.1 Å². The number of imidazole rings is 2. The Balaban J connectivity index is 0.000000211. The molecule has 0 saturated carbocycles. The fraction of sp³-hybridized carbons (Fsp3) is 0.333. The second kappa shape index (κ2) is 8.90. The molecule has 21 heavy (non-hydrogen) atoms. The van der Waals surface area contributed by atoms with Crippen molar-refractivity contribution in [3.63, 3.8) is 0 Å². The summed E-state index contributed by atoms with van der Waals surface area (Å²) in [5.74, 6) is -0.777. The predicted octanol–water partition coefficient (Wildman–Crippen LogP) is 1.94. The van der Waals surface area contributed by atoms with Gasteiger partial charge in [-0.15, -0.1) is 0 Å². The lowest BCUT2D eigenvalue weighted by atomic mass is 10.5. The fourth-order valence-corrected chi connectivity index (χ4v) is 1.56. The normalized spacial score (nSPS) is 9.48. The first-order chi connectivity index (χ1) is 10.1. The van der Waals surface area contributed by atoms with Gasteiger partial charge in [0.15, 0.2) is 5.69 Å². The minimum absolute atomic E-state index is 0.284. The first-order valence-electron chi connectivity index (χ1n) is 6.11. The van der Waals surface area contributed by atoms with E-state index < -0.39 is 5.97 Å². The highest BCUT2D eigenvalue weighted by Crippen LogP contribution is 2.11. The average Bonchev–Trinajstić information content (AvgIpc) is 3.11. The van der Waals surface area contributed by atoms with E-state index in [1.54, 1.807) is 13.8 Å². The highest BCUT2D eigenvalue weighted by molar-refractivity contribution is 9.10. The molecule has 114 valence electrons. The molecule has 2 rings (SSSR count). The molecule has 8 nitrogen and oxygen atoms in total. The number of carbonyl (C=O) groups is 2. The summed E-state index contributed by atoms with van der Waals surface area (Å²) in [4.78, 5) is 34.6. The van der Waals surface area contributed by atoms with Crippen LogP contribution in [0, 0.1) is 0 Å². The molecule has 9 heteroatoms. The van der Waals surface area contributed by atoms with Crippen molar-refractivity contribution in [2.75, 3.05) is 13.2 Å². The highest BCUT2D eigenvalue weighted by atomic mass is 79.9. The number of hydrogen-bond donors (Lipinski definition) is 2. The summed E-state index contributed by atoms with van der Waals surface area (Å²) in [5, 5.41) is 0. The van der Waals surface area contributed by atoms with Crippen LogP contribution >= 0.6 is 15.9 Å². The molecule has 0 radical (unpaired) electrons. The van der Waals surface area contributed by atoms with Gasteiger partial charge < -0.3 is 19.4 Å². The van der Waals surface area contributed by atoms with Crippen molar-refractivity contribution in [2.45, 2.75) is 13.8 Å². The quantitative estimate of drug-likeness (QED) is 0.808. The number of hydrogen-bond acceptors (Lipinski definition) is 6. The Kier molecular flexibility index (Phi) is 7.16. The molecule has 0 aliphatic rings. The number of nitrogens with zero attached hydrogens (tertiary/aromatic N) is 2. The summed E-state index contributed by atoms with van der Waals surface area (Å²) in [6.07, 6.45) is 4.29. The Morgan fingerprint density at radius 2 is 1.81 bits per heavy atom. The molecule has 0 aliphatic heterocycles. The highest BCUT2D eigenvalue weighted by Gasteiger charge is 2.12. The van der Waals surface area contributed by atoms with E-state index in [2.05, 4.69) is 40.6 Å². The van der Waals surface area contributed by atoms with Gasteiger partial charge in [-0.3, -0.25) is 0 Å². The second-order valence-corrected chi connectivity index (χ2v) is 4.26. The number of esters is 2. The molecule has 0 bridgehead atoms. The number of carbonyl (C=O) groups excluding carboxylic acids is 2. The van der Waals surface area contributed by atoms with Gasteiger partial charge in [-0.25, -0.2) is 19.6 Å². The van der Waals surface area contributed by atoms with Crippen LogP contribution in [-0.2, 0) is 9.47 Å². The zero-order valence-electron chi connectivity index (χ0n) is 11.6. The number of ether oxygens (including phenoxy) is 2. The Hall–Kier alpha value is -2.16. The van der Waals surface area contributed by atoms with E-state index in [-0.39, 0.29) is 11.7 Å². The molecule has 0 unspecified atom stereocenters.